The van der Waals surface area contributed by atoms with Crippen LogP contribution in [0.1, 0.15) is 55.4 Å². The smallest absolute Gasteiger partial charge is 0.160 e. The fourth-order valence-corrected chi connectivity index (χ4v) is 2.61. The lowest BCUT2D eigenvalue weighted by atomic mass is 9.79. The van der Waals surface area contributed by atoms with Gasteiger partial charge in [0.25, 0.3) is 0 Å². The number of hydrogen-bond acceptors (Lipinski definition) is 4. The first kappa shape index (κ1) is 14.4. The Balaban J connectivity index is 2.21. The molecular weight excluding hydrogens is 238 g/mol. The predicted octanol–water partition coefficient (Wildman–Crippen LogP) is 2.62. The molecular formula is C15H25N3O. The van der Waals surface area contributed by atoms with Crippen molar-refractivity contribution in [2.75, 3.05) is 13.7 Å². The highest BCUT2D eigenvalue weighted by atomic mass is 16.5. The first-order chi connectivity index (χ1) is 9.13. The molecule has 0 unspecified atom stereocenters. The third-order valence-electron chi connectivity index (χ3n) is 4.11. The standard InChI is InChI=1S/C15H25N3O/c1-5-9-16-10-13-11(2)17-14(18-12(13)3)15(19-4)7-6-8-15/h16H,5-10H2,1-4H3. The van der Waals surface area contributed by atoms with Crippen LogP contribution in [-0.4, -0.2) is 23.6 Å². The Morgan fingerprint density at radius 3 is 2.26 bits per heavy atom. The first-order valence-electron chi connectivity index (χ1n) is 7.23. The van der Waals surface area contributed by atoms with Crippen LogP contribution in [0.15, 0.2) is 0 Å². The van der Waals surface area contributed by atoms with Crippen LogP contribution in [0.5, 0.6) is 0 Å². The molecule has 1 aromatic heterocycles. The van der Waals surface area contributed by atoms with Crippen molar-refractivity contribution >= 4 is 0 Å². The van der Waals surface area contributed by atoms with Gasteiger partial charge < -0.3 is 10.1 Å². The molecule has 0 saturated heterocycles. The number of nitrogens with one attached hydrogen (secondary N) is 1. The second kappa shape index (κ2) is 5.97. The third kappa shape index (κ3) is 2.79. The van der Waals surface area contributed by atoms with Crippen LogP contribution in [-0.2, 0) is 16.9 Å². The third-order valence-corrected chi connectivity index (χ3v) is 4.11. The number of rotatable bonds is 6. The molecule has 0 radical (unpaired) electrons. The largest absolute Gasteiger partial charge is 0.370 e. The molecule has 0 spiro atoms. The van der Waals surface area contributed by atoms with Crippen LogP contribution in [0.25, 0.3) is 0 Å². The van der Waals surface area contributed by atoms with E-state index >= 15 is 0 Å². The van der Waals surface area contributed by atoms with Crippen LogP contribution >= 0.6 is 0 Å². The van der Waals surface area contributed by atoms with E-state index in [4.69, 9.17) is 14.7 Å². The molecule has 1 saturated carbocycles. The Kier molecular flexibility index (Phi) is 4.53. The first-order valence-corrected chi connectivity index (χ1v) is 7.23. The van der Waals surface area contributed by atoms with Gasteiger partial charge in [-0.15, -0.1) is 0 Å². The van der Waals surface area contributed by atoms with Gasteiger partial charge in [-0.1, -0.05) is 6.92 Å². The van der Waals surface area contributed by atoms with E-state index in [1.165, 1.54) is 12.0 Å². The summed E-state index contributed by atoms with van der Waals surface area (Å²) in [5.41, 5.74) is 3.16. The fourth-order valence-electron chi connectivity index (χ4n) is 2.61. The van der Waals surface area contributed by atoms with Gasteiger partial charge in [-0.05, 0) is 46.1 Å². The Morgan fingerprint density at radius 1 is 1.21 bits per heavy atom. The number of ether oxygens (including phenoxy) is 1. The second-order valence-electron chi connectivity index (χ2n) is 5.43. The lowest BCUT2D eigenvalue weighted by molar-refractivity contribution is -0.0849. The molecule has 1 aromatic rings. The average Bonchev–Trinajstić information content (AvgIpc) is 2.32. The Hall–Kier alpha value is -1.00. The van der Waals surface area contributed by atoms with E-state index in [0.29, 0.717) is 0 Å². The van der Waals surface area contributed by atoms with Crippen molar-refractivity contribution in [3.8, 4) is 0 Å². The molecule has 19 heavy (non-hydrogen) atoms. The summed E-state index contributed by atoms with van der Waals surface area (Å²) in [4.78, 5) is 9.40. The quantitative estimate of drug-likeness (QED) is 0.801. The van der Waals surface area contributed by atoms with Crippen LogP contribution in [0.3, 0.4) is 0 Å². The summed E-state index contributed by atoms with van der Waals surface area (Å²) >= 11 is 0. The van der Waals surface area contributed by atoms with Crippen molar-refractivity contribution in [2.24, 2.45) is 0 Å². The summed E-state index contributed by atoms with van der Waals surface area (Å²) < 4.78 is 5.67. The zero-order valence-corrected chi connectivity index (χ0v) is 12.5. The van der Waals surface area contributed by atoms with Gasteiger partial charge in [-0.3, -0.25) is 0 Å². The van der Waals surface area contributed by atoms with Gasteiger partial charge in [0.1, 0.15) is 5.60 Å². The van der Waals surface area contributed by atoms with E-state index in [9.17, 15) is 0 Å². The average molecular weight is 263 g/mol. The van der Waals surface area contributed by atoms with Crippen molar-refractivity contribution in [2.45, 2.75) is 58.6 Å². The number of aromatic nitrogens is 2. The number of nitrogens with zero attached hydrogens (tertiary/aromatic N) is 2. The summed E-state index contributed by atoms with van der Waals surface area (Å²) in [7, 11) is 1.77. The summed E-state index contributed by atoms with van der Waals surface area (Å²) in [5, 5.41) is 3.42. The van der Waals surface area contributed by atoms with Gasteiger partial charge in [-0.2, -0.15) is 0 Å². The van der Waals surface area contributed by atoms with Crippen molar-refractivity contribution < 1.29 is 4.74 Å². The van der Waals surface area contributed by atoms with Crippen LogP contribution < -0.4 is 5.32 Å². The maximum Gasteiger partial charge on any atom is 0.160 e. The molecule has 1 N–H and O–H groups in total. The van der Waals surface area contributed by atoms with E-state index in [-0.39, 0.29) is 5.60 Å². The zero-order valence-electron chi connectivity index (χ0n) is 12.5. The molecule has 1 heterocycles. The minimum atomic E-state index is -0.217. The Labute approximate surface area is 116 Å². The highest BCUT2D eigenvalue weighted by Gasteiger charge is 2.42. The van der Waals surface area contributed by atoms with Crippen molar-refractivity contribution in [1.82, 2.24) is 15.3 Å². The van der Waals surface area contributed by atoms with E-state index in [2.05, 4.69) is 26.1 Å². The molecule has 0 atom stereocenters. The SMILES string of the molecule is CCCNCc1c(C)nc(C2(OC)CCC2)nc1C. The van der Waals surface area contributed by atoms with Crippen molar-refractivity contribution in [3.05, 3.63) is 22.8 Å². The van der Waals surface area contributed by atoms with Gasteiger partial charge in [0.05, 0.1) is 0 Å². The predicted molar refractivity (Wildman–Crippen MR) is 76.0 cm³/mol. The summed E-state index contributed by atoms with van der Waals surface area (Å²) in [6.45, 7) is 8.20. The lowest BCUT2D eigenvalue weighted by Crippen LogP contribution is -2.38. The van der Waals surface area contributed by atoms with E-state index < -0.39 is 0 Å². The highest BCUT2D eigenvalue weighted by molar-refractivity contribution is 5.26. The van der Waals surface area contributed by atoms with Gasteiger partial charge in [0.15, 0.2) is 5.82 Å². The molecule has 0 aromatic carbocycles. The van der Waals surface area contributed by atoms with E-state index in [1.807, 2.05) is 0 Å². The van der Waals surface area contributed by atoms with Crippen LogP contribution in [0.4, 0.5) is 0 Å². The number of aryl methyl sites for hydroxylation is 2. The molecule has 2 rings (SSSR count). The van der Waals surface area contributed by atoms with E-state index in [0.717, 1.165) is 49.6 Å². The molecule has 4 heteroatoms. The molecule has 0 aliphatic heterocycles. The zero-order chi connectivity index (χ0) is 13.9. The molecule has 0 amide bonds. The second-order valence-corrected chi connectivity index (χ2v) is 5.43. The van der Waals surface area contributed by atoms with Crippen LogP contribution in [0.2, 0.25) is 0 Å². The monoisotopic (exact) mass is 263 g/mol. The van der Waals surface area contributed by atoms with Gasteiger partial charge in [-0.25, -0.2) is 9.97 Å². The van der Waals surface area contributed by atoms with Crippen molar-refractivity contribution in [3.63, 3.8) is 0 Å². The molecule has 1 aliphatic rings. The molecule has 106 valence electrons. The summed E-state index contributed by atoms with van der Waals surface area (Å²) in [6, 6.07) is 0. The van der Waals surface area contributed by atoms with E-state index in [1.54, 1.807) is 7.11 Å². The lowest BCUT2D eigenvalue weighted by Gasteiger charge is -2.39. The van der Waals surface area contributed by atoms with Crippen molar-refractivity contribution in [1.29, 1.82) is 0 Å². The molecule has 4 nitrogen and oxygen atoms in total. The maximum atomic E-state index is 5.67. The Bertz CT molecular complexity index is 413. The molecule has 1 aliphatic carbocycles. The number of hydrogen-bond donors (Lipinski definition) is 1. The van der Waals surface area contributed by atoms with Gasteiger partial charge in [0.2, 0.25) is 0 Å². The Morgan fingerprint density at radius 2 is 1.84 bits per heavy atom. The maximum absolute atomic E-state index is 5.67. The summed E-state index contributed by atoms with van der Waals surface area (Å²) in [5.74, 6) is 0.871. The summed E-state index contributed by atoms with van der Waals surface area (Å²) in [6.07, 6.45) is 4.42. The molecule has 1 fully saturated rings. The highest BCUT2D eigenvalue weighted by Crippen LogP contribution is 2.42. The van der Waals surface area contributed by atoms with Gasteiger partial charge >= 0.3 is 0 Å². The fraction of sp³-hybridized carbons (Fsp3) is 0.733. The van der Waals surface area contributed by atoms with Gasteiger partial charge in [0, 0.05) is 30.6 Å². The minimum Gasteiger partial charge on any atom is -0.370 e. The topological polar surface area (TPSA) is 47.0 Å². The number of methoxy groups -OCH3 is 1. The normalized spacial score (nSPS) is 17.3. The minimum absolute atomic E-state index is 0.217. The molecule has 0 bridgehead atoms. The van der Waals surface area contributed by atoms with Crippen LogP contribution in [0, 0.1) is 13.8 Å².